The number of carbonyl (C=O) groups excluding carboxylic acids is 2. The van der Waals surface area contributed by atoms with E-state index in [1.54, 1.807) is 18.1 Å². The lowest BCUT2D eigenvalue weighted by atomic mass is 9.98. The molecule has 1 aliphatic rings. The molecule has 9 heteroatoms. The molecular weight excluding hydrogens is 372 g/mol. The summed E-state index contributed by atoms with van der Waals surface area (Å²) in [4.78, 5) is 30.3. The third-order valence-electron chi connectivity index (χ3n) is 4.70. The Bertz CT molecular complexity index is 682. The Kier molecular flexibility index (Phi) is 7.89. The van der Waals surface area contributed by atoms with Gasteiger partial charge in [-0.1, -0.05) is 0 Å². The maximum absolute atomic E-state index is 12.7. The first-order valence-corrected chi connectivity index (χ1v) is 10.2. The van der Waals surface area contributed by atoms with Crippen LogP contribution in [-0.2, 0) is 11.3 Å². The lowest BCUT2D eigenvalue weighted by molar-refractivity contribution is 0.0253. The maximum atomic E-state index is 12.7. The van der Waals surface area contributed by atoms with Crippen LogP contribution in [0.25, 0.3) is 0 Å². The van der Waals surface area contributed by atoms with E-state index in [1.165, 1.54) is 0 Å². The number of rotatable bonds is 6. The van der Waals surface area contributed by atoms with Crippen LogP contribution in [0.2, 0.25) is 0 Å². The Labute approximate surface area is 174 Å². The van der Waals surface area contributed by atoms with E-state index in [-0.39, 0.29) is 18.0 Å². The average Bonchev–Trinajstić information content (AvgIpc) is 3.06. The van der Waals surface area contributed by atoms with Crippen molar-refractivity contribution in [2.24, 2.45) is 5.92 Å². The minimum absolute atomic E-state index is 0.123. The molecule has 1 aromatic heterocycles. The van der Waals surface area contributed by atoms with Gasteiger partial charge in [-0.3, -0.25) is 4.68 Å². The molecule has 0 saturated carbocycles. The summed E-state index contributed by atoms with van der Waals surface area (Å²) >= 11 is 0. The Hall–Kier alpha value is -2.29. The lowest BCUT2D eigenvalue weighted by Gasteiger charge is -2.35. The molecule has 1 N–H and O–H groups in total. The molecule has 1 saturated heterocycles. The van der Waals surface area contributed by atoms with E-state index in [0.29, 0.717) is 25.3 Å². The third-order valence-corrected chi connectivity index (χ3v) is 4.70. The van der Waals surface area contributed by atoms with Gasteiger partial charge in [-0.15, -0.1) is 0 Å². The van der Waals surface area contributed by atoms with Gasteiger partial charge in [0.15, 0.2) is 0 Å². The number of ether oxygens (including phenoxy) is 1. The van der Waals surface area contributed by atoms with Gasteiger partial charge in [-0.2, -0.15) is 5.10 Å². The Morgan fingerprint density at radius 2 is 2.03 bits per heavy atom. The smallest absolute Gasteiger partial charge is 0.410 e. The Morgan fingerprint density at radius 1 is 1.31 bits per heavy atom. The summed E-state index contributed by atoms with van der Waals surface area (Å²) in [6.07, 6.45) is 5.09. The predicted octanol–water partition coefficient (Wildman–Crippen LogP) is 2.56. The molecule has 1 atom stereocenters. The SMILES string of the molecule is CN(C)CCn1cc(NC(=O)N2CCC[C@H](CN(C)C(=O)OC(C)(C)C)C2)cn1. The van der Waals surface area contributed by atoms with Crippen LogP contribution in [0.3, 0.4) is 0 Å². The molecule has 0 radical (unpaired) electrons. The van der Waals surface area contributed by atoms with Crippen molar-refractivity contribution in [1.82, 2.24) is 24.5 Å². The number of amides is 3. The second kappa shape index (κ2) is 9.96. The van der Waals surface area contributed by atoms with Gasteiger partial charge in [0.2, 0.25) is 0 Å². The second-order valence-electron chi connectivity index (χ2n) is 9.04. The van der Waals surface area contributed by atoms with E-state index in [4.69, 9.17) is 4.74 Å². The van der Waals surface area contributed by atoms with Crippen molar-refractivity contribution in [3.63, 3.8) is 0 Å². The zero-order valence-corrected chi connectivity index (χ0v) is 18.6. The molecule has 2 heterocycles. The highest BCUT2D eigenvalue weighted by atomic mass is 16.6. The molecule has 0 spiro atoms. The van der Waals surface area contributed by atoms with E-state index in [9.17, 15) is 9.59 Å². The molecular formula is C20H36N6O3. The van der Waals surface area contributed by atoms with Gasteiger partial charge < -0.3 is 24.8 Å². The Balaban J connectivity index is 1.83. The van der Waals surface area contributed by atoms with Gasteiger partial charge in [-0.25, -0.2) is 9.59 Å². The quantitative estimate of drug-likeness (QED) is 0.782. The number of piperidine rings is 1. The number of aromatic nitrogens is 2. The number of nitrogens with one attached hydrogen (secondary N) is 1. The molecule has 0 unspecified atom stereocenters. The molecule has 0 aromatic carbocycles. The fraction of sp³-hybridized carbons (Fsp3) is 0.750. The highest BCUT2D eigenvalue weighted by Gasteiger charge is 2.27. The highest BCUT2D eigenvalue weighted by Crippen LogP contribution is 2.19. The molecule has 0 aliphatic carbocycles. The van der Waals surface area contributed by atoms with Crippen LogP contribution in [-0.4, -0.2) is 89.5 Å². The molecule has 1 aromatic rings. The van der Waals surface area contributed by atoms with Crippen molar-refractivity contribution >= 4 is 17.8 Å². The van der Waals surface area contributed by atoms with E-state index < -0.39 is 5.60 Å². The fourth-order valence-electron chi connectivity index (χ4n) is 3.26. The van der Waals surface area contributed by atoms with Gasteiger partial charge in [0.05, 0.1) is 18.4 Å². The maximum Gasteiger partial charge on any atom is 0.410 e. The Morgan fingerprint density at radius 3 is 2.69 bits per heavy atom. The predicted molar refractivity (Wildman–Crippen MR) is 113 cm³/mol. The van der Waals surface area contributed by atoms with Gasteiger partial charge in [-0.05, 0) is 53.6 Å². The van der Waals surface area contributed by atoms with Gasteiger partial charge in [0.25, 0.3) is 0 Å². The molecule has 1 aliphatic heterocycles. The largest absolute Gasteiger partial charge is 0.444 e. The minimum Gasteiger partial charge on any atom is -0.444 e. The molecule has 0 bridgehead atoms. The van der Waals surface area contributed by atoms with Crippen molar-refractivity contribution < 1.29 is 14.3 Å². The monoisotopic (exact) mass is 408 g/mol. The molecule has 3 amide bonds. The van der Waals surface area contributed by atoms with Crippen LogP contribution in [0.1, 0.15) is 33.6 Å². The van der Waals surface area contributed by atoms with Gasteiger partial charge >= 0.3 is 12.1 Å². The highest BCUT2D eigenvalue weighted by molar-refractivity contribution is 5.89. The standard InChI is InChI=1S/C20H36N6O3/c1-20(2,3)29-19(28)24(6)13-16-8-7-9-25(14-16)18(27)22-17-12-21-26(15-17)11-10-23(4)5/h12,15-16H,7-11,13-14H2,1-6H3,(H,22,27)/t16-/m1/s1. The summed E-state index contributed by atoms with van der Waals surface area (Å²) < 4.78 is 7.24. The summed E-state index contributed by atoms with van der Waals surface area (Å²) in [5.41, 5.74) is 0.183. The van der Waals surface area contributed by atoms with E-state index >= 15 is 0 Å². The van der Waals surface area contributed by atoms with Crippen molar-refractivity contribution in [2.75, 3.05) is 52.6 Å². The summed E-state index contributed by atoms with van der Waals surface area (Å²) in [5, 5.41) is 7.22. The van der Waals surface area contributed by atoms with Crippen LogP contribution < -0.4 is 5.32 Å². The van der Waals surface area contributed by atoms with Crippen LogP contribution in [0.15, 0.2) is 12.4 Å². The first-order chi connectivity index (χ1) is 13.5. The number of carbonyl (C=O) groups is 2. The van der Waals surface area contributed by atoms with Crippen molar-refractivity contribution in [3.8, 4) is 0 Å². The lowest BCUT2D eigenvalue weighted by Crippen LogP contribution is -2.46. The second-order valence-corrected chi connectivity index (χ2v) is 9.04. The number of hydrogen-bond acceptors (Lipinski definition) is 5. The van der Waals surface area contributed by atoms with Crippen LogP contribution in [0, 0.1) is 5.92 Å². The normalized spacial score (nSPS) is 17.3. The summed E-state index contributed by atoms with van der Waals surface area (Å²) in [5.74, 6) is 0.231. The molecule has 9 nitrogen and oxygen atoms in total. The summed E-state index contributed by atoms with van der Waals surface area (Å²) in [7, 11) is 5.77. The summed E-state index contributed by atoms with van der Waals surface area (Å²) in [6, 6.07) is -0.123. The summed E-state index contributed by atoms with van der Waals surface area (Å²) in [6.45, 7) is 9.12. The number of nitrogens with zero attached hydrogens (tertiary/aromatic N) is 5. The first-order valence-electron chi connectivity index (χ1n) is 10.2. The number of anilines is 1. The van der Waals surface area contributed by atoms with Crippen molar-refractivity contribution in [2.45, 2.75) is 45.8 Å². The number of urea groups is 1. The van der Waals surface area contributed by atoms with E-state index in [1.807, 2.05) is 50.6 Å². The van der Waals surface area contributed by atoms with Crippen LogP contribution >= 0.6 is 0 Å². The number of likely N-dealkylation sites (N-methyl/N-ethyl adjacent to an activating group) is 1. The van der Waals surface area contributed by atoms with Crippen molar-refractivity contribution in [3.05, 3.63) is 12.4 Å². The minimum atomic E-state index is -0.513. The van der Waals surface area contributed by atoms with Gasteiger partial charge in [0.1, 0.15) is 5.60 Å². The number of hydrogen-bond donors (Lipinski definition) is 1. The van der Waals surface area contributed by atoms with Gasteiger partial charge in [0, 0.05) is 39.4 Å². The zero-order chi connectivity index (χ0) is 21.6. The topological polar surface area (TPSA) is 82.9 Å². The number of likely N-dealkylation sites (tertiary alicyclic amines) is 1. The molecule has 29 heavy (non-hydrogen) atoms. The van der Waals surface area contributed by atoms with Crippen LogP contribution in [0.4, 0.5) is 15.3 Å². The average molecular weight is 409 g/mol. The van der Waals surface area contributed by atoms with E-state index in [0.717, 1.165) is 25.9 Å². The fourth-order valence-corrected chi connectivity index (χ4v) is 3.26. The zero-order valence-electron chi connectivity index (χ0n) is 18.6. The molecule has 2 rings (SSSR count). The molecule has 1 fully saturated rings. The van der Waals surface area contributed by atoms with E-state index in [2.05, 4.69) is 15.3 Å². The third kappa shape index (κ3) is 7.92. The molecule has 164 valence electrons. The van der Waals surface area contributed by atoms with Crippen LogP contribution in [0.5, 0.6) is 0 Å². The van der Waals surface area contributed by atoms with Crippen molar-refractivity contribution in [1.29, 1.82) is 0 Å². The first kappa shape index (κ1) is 23.0.